The number of aromatic nitrogens is 3. The van der Waals surface area contributed by atoms with Gasteiger partial charge in [-0.25, -0.2) is 4.98 Å². The summed E-state index contributed by atoms with van der Waals surface area (Å²) in [5.74, 6) is 0. The number of aromatic amines is 1. The standard InChI is InChI=1S/C18H14N3/c1-13-4-6-14(7-5-13)18-3-2-10-21(18)15-8-9-16-17(11-15)20-12-19-16/h3-12H,1H3,(H,19,20). The Morgan fingerprint density at radius 2 is 1.95 bits per heavy atom. The van der Waals surface area contributed by atoms with Gasteiger partial charge in [0, 0.05) is 18.0 Å². The molecule has 0 unspecified atom stereocenters. The summed E-state index contributed by atoms with van der Waals surface area (Å²) < 4.78 is 2.14. The van der Waals surface area contributed by atoms with Crippen LogP contribution in [0.3, 0.4) is 0 Å². The monoisotopic (exact) mass is 272 g/mol. The molecule has 0 saturated heterocycles. The van der Waals surface area contributed by atoms with Gasteiger partial charge in [-0.2, -0.15) is 0 Å². The first-order valence-corrected chi connectivity index (χ1v) is 6.90. The fraction of sp³-hybridized carbons (Fsp3) is 0.0556. The van der Waals surface area contributed by atoms with Gasteiger partial charge in [-0.15, -0.1) is 0 Å². The molecule has 1 radical (unpaired) electrons. The van der Waals surface area contributed by atoms with Crippen molar-refractivity contribution in [3.8, 4) is 16.9 Å². The fourth-order valence-electron chi connectivity index (χ4n) is 2.56. The topological polar surface area (TPSA) is 33.6 Å². The molecule has 0 aliphatic heterocycles. The second-order valence-corrected chi connectivity index (χ2v) is 5.17. The summed E-state index contributed by atoms with van der Waals surface area (Å²) in [7, 11) is 0. The summed E-state index contributed by atoms with van der Waals surface area (Å²) >= 11 is 0. The smallest absolute Gasteiger partial charge is 0.0931 e. The van der Waals surface area contributed by atoms with E-state index in [4.69, 9.17) is 0 Å². The molecule has 0 amide bonds. The first kappa shape index (κ1) is 12.0. The summed E-state index contributed by atoms with van der Waals surface area (Å²) in [6.45, 7) is 2.10. The molecule has 2 aromatic heterocycles. The third-order valence-corrected chi connectivity index (χ3v) is 3.71. The van der Waals surface area contributed by atoms with E-state index in [1.54, 1.807) is 6.33 Å². The third-order valence-electron chi connectivity index (χ3n) is 3.71. The number of benzene rings is 2. The molecule has 0 aliphatic carbocycles. The Hall–Kier alpha value is -2.81. The van der Waals surface area contributed by atoms with Crippen molar-refractivity contribution < 1.29 is 0 Å². The minimum absolute atomic E-state index is 0.969. The Bertz CT molecular complexity index is 898. The lowest BCUT2D eigenvalue weighted by Crippen LogP contribution is -1.95. The molecule has 101 valence electrons. The molecule has 4 rings (SSSR count). The Morgan fingerprint density at radius 1 is 1.10 bits per heavy atom. The van der Waals surface area contributed by atoms with Crippen LogP contribution in [0.5, 0.6) is 0 Å². The van der Waals surface area contributed by atoms with Crippen LogP contribution in [0, 0.1) is 13.0 Å². The van der Waals surface area contributed by atoms with Crippen LogP contribution >= 0.6 is 0 Å². The van der Waals surface area contributed by atoms with Crippen LogP contribution in [0.2, 0.25) is 0 Å². The second-order valence-electron chi connectivity index (χ2n) is 5.17. The highest BCUT2D eigenvalue weighted by atomic mass is 15.0. The number of aryl methyl sites for hydroxylation is 1. The minimum atomic E-state index is 0.969. The van der Waals surface area contributed by atoms with E-state index < -0.39 is 0 Å². The highest BCUT2D eigenvalue weighted by molar-refractivity contribution is 5.77. The largest absolute Gasteiger partial charge is 0.345 e. The van der Waals surface area contributed by atoms with Gasteiger partial charge >= 0.3 is 0 Å². The maximum atomic E-state index is 4.32. The summed E-state index contributed by atoms with van der Waals surface area (Å²) in [5, 5.41) is 0. The molecular weight excluding hydrogens is 258 g/mol. The predicted octanol–water partition coefficient (Wildman–Crippen LogP) is 4.13. The third kappa shape index (κ3) is 2.03. The Kier molecular flexibility index (Phi) is 2.64. The van der Waals surface area contributed by atoms with Crippen LogP contribution in [0.15, 0.2) is 61.1 Å². The molecule has 2 heterocycles. The van der Waals surface area contributed by atoms with Gasteiger partial charge < -0.3 is 9.55 Å². The SMILES string of the molecule is Cc1ccc(-c2c[c]cn2-c2ccc3[nH]cnc3c2)cc1. The number of imidazole rings is 1. The molecule has 0 bridgehead atoms. The van der Waals surface area contributed by atoms with E-state index in [0.717, 1.165) is 22.4 Å². The summed E-state index contributed by atoms with van der Waals surface area (Å²) in [6.07, 6.45) is 3.68. The van der Waals surface area contributed by atoms with Crippen molar-refractivity contribution in [2.75, 3.05) is 0 Å². The maximum Gasteiger partial charge on any atom is 0.0931 e. The highest BCUT2D eigenvalue weighted by Crippen LogP contribution is 2.25. The van der Waals surface area contributed by atoms with E-state index in [2.05, 4.69) is 70.0 Å². The summed E-state index contributed by atoms with van der Waals surface area (Å²) in [4.78, 5) is 7.44. The zero-order valence-electron chi connectivity index (χ0n) is 11.7. The van der Waals surface area contributed by atoms with Crippen molar-refractivity contribution in [3.63, 3.8) is 0 Å². The highest BCUT2D eigenvalue weighted by Gasteiger charge is 2.07. The Balaban J connectivity index is 1.85. The number of fused-ring (bicyclic) bond motifs is 1. The molecule has 0 spiro atoms. The quantitative estimate of drug-likeness (QED) is 0.585. The number of hydrogen-bond donors (Lipinski definition) is 1. The minimum Gasteiger partial charge on any atom is -0.345 e. The normalized spacial score (nSPS) is 11.1. The first-order valence-electron chi connectivity index (χ1n) is 6.90. The Morgan fingerprint density at radius 3 is 2.81 bits per heavy atom. The van der Waals surface area contributed by atoms with Gasteiger partial charge in [-0.1, -0.05) is 29.8 Å². The molecule has 3 nitrogen and oxygen atoms in total. The van der Waals surface area contributed by atoms with E-state index in [9.17, 15) is 0 Å². The van der Waals surface area contributed by atoms with Crippen LogP contribution in [0.4, 0.5) is 0 Å². The van der Waals surface area contributed by atoms with E-state index in [-0.39, 0.29) is 0 Å². The van der Waals surface area contributed by atoms with Crippen molar-refractivity contribution >= 4 is 11.0 Å². The number of nitrogens with one attached hydrogen (secondary N) is 1. The summed E-state index contributed by atoms with van der Waals surface area (Å²) in [6, 6.07) is 20.0. The van der Waals surface area contributed by atoms with Gasteiger partial charge in [-0.05, 0) is 36.8 Å². The number of H-pyrrole nitrogens is 1. The average Bonchev–Trinajstić information content (AvgIpc) is 3.16. The number of rotatable bonds is 2. The lowest BCUT2D eigenvalue weighted by molar-refractivity contribution is 1.09. The predicted molar refractivity (Wildman–Crippen MR) is 84.4 cm³/mol. The fourth-order valence-corrected chi connectivity index (χ4v) is 2.56. The number of nitrogens with zero attached hydrogens (tertiary/aromatic N) is 2. The van der Waals surface area contributed by atoms with Gasteiger partial charge in [0.15, 0.2) is 0 Å². The molecule has 0 aliphatic rings. The first-order chi connectivity index (χ1) is 10.3. The van der Waals surface area contributed by atoms with Crippen LogP contribution in [-0.4, -0.2) is 14.5 Å². The maximum absolute atomic E-state index is 4.32. The van der Waals surface area contributed by atoms with Gasteiger partial charge in [0.2, 0.25) is 0 Å². The van der Waals surface area contributed by atoms with Crippen LogP contribution in [0.1, 0.15) is 5.56 Å². The van der Waals surface area contributed by atoms with E-state index >= 15 is 0 Å². The lowest BCUT2D eigenvalue weighted by atomic mass is 10.1. The molecule has 1 N–H and O–H groups in total. The van der Waals surface area contributed by atoms with Crippen LogP contribution in [-0.2, 0) is 0 Å². The van der Waals surface area contributed by atoms with Crippen molar-refractivity contribution in [1.82, 2.24) is 14.5 Å². The van der Waals surface area contributed by atoms with Crippen molar-refractivity contribution in [1.29, 1.82) is 0 Å². The summed E-state index contributed by atoms with van der Waals surface area (Å²) in [5.41, 5.74) is 6.68. The van der Waals surface area contributed by atoms with Gasteiger partial charge in [0.05, 0.1) is 23.1 Å². The van der Waals surface area contributed by atoms with E-state index in [1.165, 1.54) is 11.1 Å². The average molecular weight is 272 g/mol. The van der Waals surface area contributed by atoms with Gasteiger partial charge in [0.25, 0.3) is 0 Å². The zero-order chi connectivity index (χ0) is 14.2. The van der Waals surface area contributed by atoms with Crippen molar-refractivity contribution in [2.45, 2.75) is 6.92 Å². The molecule has 0 fully saturated rings. The molecule has 3 heteroatoms. The van der Waals surface area contributed by atoms with Crippen LogP contribution in [0.25, 0.3) is 28.0 Å². The van der Waals surface area contributed by atoms with E-state index in [0.29, 0.717) is 0 Å². The zero-order valence-corrected chi connectivity index (χ0v) is 11.7. The van der Waals surface area contributed by atoms with Crippen molar-refractivity contribution in [3.05, 3.63) is 72.7 Å². The molecule has 0 saturated carbocycles. The molecular formula is C18H14N3. The van der Waals surface area contributed by atoms with E-state index in [1.807, 2.05) is 12.3 Å². The van der Waals surface area contributed by atoms with Crippen LogP contribution < -0.4 is 0 Å². The lowest BCUT2D eigenvalue weighted by Gasteiger charge is -2.10. The van der Waals surface area contributed by atoms with Gasteiger partial charge in [-0.3, -0.25) is 0 Å². The molecule has 2 aromatic carbocycles. The van der Waals surface area contributed by atoms with Crippen molar-refractivity contribution in [2.24, 2.45) is 0 Å². The Labute approximate surface area is 122 Å². The second kappa shape index (κ2) is 4.63. The number of hydrogen-bond acceptors (Lipinski definition) is 1. The molecule has 21 heavy (non-hydrogen) atoms. The molecule has 0 atom stereocenters. The molecule has 4 aromatic rings. The van der Waals surface area contributed by atoms with Gasteiger partial charge in [0.1, 0.15) is 0 Å².